The zero-order chi connectivity index (χ0) is 13.0. The van der Waals surface area contributed by atoms with Crippen LogP contribution in [-0.2, 0) is 3.76 Å². The average molecular weight is 321 g/mol. The number of rotatable bonds is 7. The van der Waals surface area contributed by atoms with Crippen LogP contribution in [0.5, 0.6) is 0 Å². The van der Waals surface area contributed by atoms with Crippen LogP contribution in [0, 0.1) is 0 Å². The van der Waals surface area contributed by atoms with Gasteiger partial charge in [0.25, 0.3) is 0 Å². The molecular weight excluding hydrogens is 293 g/mol. The Hall–Kier alpha value is 0.857. The summed E-state index contributed by atoms with van der Waals surface area (Å²) in [4.78, 5) is 2.18. The fraction of sp³-hybridized carbons (Fsp3) is 1.00. The van der Waals surface area contributed by atoms with Crippen molar-refractivity contribution in [2.45, 2.75) is 39.3 Å². The van der Waals surface area contributed by atoms with Crippen molar-refractivity contribution in [3.63, 3.8) is 0 Å². The van der Waals surface area contributed by atoms with Gasteiger partial charge in [0.15, 0.2) is 0 Å². The molecule has 96 valence electrons. The van der Waals surface area contributed by atoms with Crippen LogP contribution in [0.4, 0.5) is 0 Å². The summed E-state index contributed by atoms with van der Waals surface area (Å²) in [7, 11) is 1.82. The quantitative estimate of drug-likeness (QED) is 0.527. The second-order valence-electron chi connectivity index (χ2n) is 6.42. The maximum atomic E-state index is 5.94. The molecule has 0 unspecified atom stereocenters. The van der Waals surface area contributed by atoms with Gasteiger partial charge in [0, 0.05) is 0 Å². The fourth-order valence-corrected chi connectivity index (χ4v) is 15.0. The van der Waals surface area contributed by atoms with E-state index in [0.29, 0.717) is 0 Å². The number of nitrogens with zero attached hydrogens (tertiary/aromatic N) is 2. The topological polar surface area (TPSA) is 15.7 Å². The first-order chi connectivity index (χ1) is 7.05. The first-order valence-corrected chi connectivity index (χ1v) is 14.6. The Bertz CT molecular complexity index is 188. The molecule has 3 nitrogen and oxygen atoms in total. The van der Waals surface area contributed by atoms with E-state index in [1.165, 1.54) is 0 Å². The molecule has 0 aromatic rings. The van der Waals surface area contributed by atoms with Gasteiger partial charge in [-0.25, -0.2) is 0 Å². The van der Waals surface area contributed by atoms with E-state index in [9.17, 15) is 0 Å². The molecule has 0 aromatic heterocycles. The van der Waals surface area contributed by atoms with Crippen LogP contribution in [0.1, 0.15) is 0 Å². The molecule has 0 N–H and O–H groups in total. The Morgan fingerprint density at radius 1 is 0.938 bits per heavy atom. The first kappa shape index (κ1) is 16.9. The third-order valence-corrected chi connectivity index (χ3v) is 19.3. The summed E-state index contributed by atoms with van der Waals surface area (Å²) in [5.74, 6) is 0. The van der Waals surface area contributed by atoms with Gasteiger partial charge in [-0.3, -0.25) is 0 Å². The summed E-state index contributed by atoms with van der Waals surface area (Å²) < 4.78 is 8.73. The van der Waals surface area contributed by atoms with Crippen LogP contribution in [0.15, 0.2) is 0 Å². The fourth-order valence-electron chi connectivity index (χ4n) is 1.62. The van der Waals surface area contributed by atoms with Crippen LogP contribution < -0.4 is 0 Å². The van der Waals surface area contributed by atoms with E-state index in [1.54, 1.807) is 0 Å². The van der Waals surface area contributed by atoms with Crippen molar-refractivity contribution in [3.8, 4) is 0 Å². The van der Waals surface area contributed by atoms with Gasteiger partial charge >= 0.3 is 111 Å². The van der Waals surface area contributed by atoms with Gasteiger partial charge in [-0.15, -0.1) is 0 Å². The summed E-state index contributed by atoms with van der Waals surface area (Å²) in [6.45, 7) is 16.5. The normalized spacial score (nSPS) is 13.9. The third kappa shape index (κ3) is 7.23. The molecule has 0 bridgehead atoms. The molecule has 0 rings (SSSR count). The summed E-state index contributed by atoms with van der Waals surface area (Å²) in [5.41, 5.74) is 0. The zero-order valence-electron chi connectivity index (χ0n) is 12.2. The molecule has 0 spiro atoms. The minimum atomic E-state index is -1.19. The Morgan fingerprint density at radius 2 is 1.38 bits per heavy atom. The predicted molar refractivity (Wildman–Crippen MR) is 78.8 cm³/mol. The van der Waals surface area contributed by atoms with Crippen LogP contribution in [0.2, 0.25) is 39.3 Å². The van der Waals surface area contributed by atoms with Crippen molar-refractivity contribution in [2.75, 3.05) is 27.2 Å². The Balaban J connectivity index is 4.16. The standard InChI is InChI=1S/C10H28GeN2OSi2/c1-12(2)9-10-14-11-13(15(3,4)5)16(6,7)8/h9-10H2,1-8H3. The molecule has 0 heterocycles. The molecule has 0 aliphatic rings. The second kappa shape index (κ2) is 6.70. The van der Waals surface area contributed by atoms with E-state index < -0.39 is 16.5 Å². The van der Waals surface area contributed by atoms with E-state index >= 15 is 0 Å². The zero-order valence-corrected chi connectivity index (χ0v) is 16.3. The molecule has 0 aliphatic carbocycles. The SMILES string of the molecule is CN(C)CC[O][Ge][N]([Si](C)(C)C)[Si](C)(C)C. The molecular formula is C10H28GeN2OSi2. The van der Waals surface area contributed by atoms with Gasteiger partial charge in [0.2, 0.25) is 0 Å². The monoisotopic (exact) mass is 322 g/mol. The van der Waals surface area contributed by atoms with Gasteiger partial charge in [-0.05, 0) is 0 Å². The maximum absolute atomic E-state index is 5.94. The Morgan fingerprint density at radius 3 is 1.69 bits per heavy atom. The number of likely N-dealkylation sites (N-methyl/N-ethyl adjacent to an activating group) is 1. The van der Waals surface area contributed by atoms with Crippen LogP contribution >= 0.6 is 0 Å². The summed E-state index contributed by atoms with van der Waals surface area (Å²) >= 11 is -0.364. The Kier molecular flexibility index (Phi) is 7.06. The van der Waals surface area contributed by atoms with Gasteiger partial charge in [-0.2, -0.15) is 0 Å². The van der Waals surface area contributed by atoms with Crippen molar-refractivity contribution in [3.05, 3.63) is 0 Å². The van der Waals surface area contributed by atoms with Crippen molar-refractivity contribution < 1.29 is 3.76 Å². The van der Waals surface area contributed by atoms with Gasteiger partial charge in [0.05, 0.1) is 0 Å². The van der Waals surface area contributed by atoms with E-state index in [-0.39, 0.29) is 16.0 Å². The van der Waals surface area contributed by atoms with Crippen molar-refractivity contribution in [2.24, 2.45) is 0 Å². The molecule has 0 amide bonds. The molecule has 0 saturated carbocycles. The van der Waals surface area contributed by atoms with Gasteiger partial charge in [0.1, 0.15) is 0 Å². The van der Waals surface area contributed by atoms with E-state index in [0.717, 1.165) is 13.2 Å². The summed E-state index contributed by atoms with van der Waals surface area (Å²) in [6, 6.07) is 0. The van der Waals surface area contributed by atoms with Crippen LogP contribution in [0.25, 0.3) is 0 Å². The molecule has 0 aromatic carbocycles. The van der Waals surface area contributed by atoms with Crippen molar-refractivity contribution in [1.82, 2.24) is 8.09 Å². The van der Waals surface area contributed by atoms with Gasteiger partial charge < -0.3 is 0 Å². The average Bonchev–Trinajstić information content (AvgIpc) is 1.97. The number of hydrogen-bond donors (Lipinski definition) is 0. The summed E-state index contributed by atoms with van der Waals surface area (Å²) in [6.07, 6.45) is 0. The Labute approximate surface area is 111 Å². The molecule has 0 saturated heterocycles. The third-order valence-electron chi connectivity index (χ3n) is 2.14. The first-order valence-electron chi connectivity index (χ1n) is 5.87. The van der Waals surface area contributed by atoms with Crippen molar-refractivity contribution >= 4 is 32.5 Å². The molecule has 0 fully saturated rings. The molecule has 0 atom stereocenters. The predicted octanol–water partition coefficient (Wildman–Crippen LogP) is 2.07. The van der Waals surface area contributed by atoms with Crippen LogP contribution in [0.3, 0.4) is 0 Å². The van der Waals surface area contributed by atoms with E-state index in [2.05, 4.69) is 61.5 Å². The molecule has 6 heteroatoms. The molecule has 16 heavy (non-hydrogen) atoms. The minimum absolute atomic E-state index is 0.364. The van der Waals surface area contributed by atoms with E-state index in [4.69, 9.17) is 3.76 Å². The number of hydrogen-bond acceptors (Lipinski definition) is 3. The second-order valence-corrected chi connectivity index (χ2v) is 20.2. The van der Waals surface area contributed by atoms with Gasteiger partial charge in [-0.1, -0.05) is 0 Å². The molecule has 0 aliphatic heterocycles. The van der Waals surface area contributed by atoms with E-state index in [1.807, 2.05) is 0 Å². The summed E-state index contributed by atoms with van der Waals surface area (Å²) in [5, 5.41) is 0. The van der Waals surface area contributed by atoms with Crippen molar-refractivity contribution in [1.29, 1.82) is 0 Å². The molecule has 2 radical (unpaired) electrons. The van der Waals surface area contributed by atoms with Crippen LogP contribution in [-0.4, -0.2) is 67.8 Å².